The largest absolute Gasteiger partial charge is 0.122 e. The quantitative estimate of drug-likeness (QED) is 0.561. The van der Waals surface area contributed by atoms with Gasteiger partial charge >= 0.3 is 0 Å². The summed E-state index contributed by atoms with van der Waals surface area (Å²) < 4.78 is 0.750. The third-order valence-corrected chi connectivity index (χ3v) is 0. The van der Waals surface area contributed by atoms with Crippen LogP contribution in [0.4, 0.5) is 0 Å². The minimum absolute atomic E-state index is 0. The van der Waals surface area contributed by atoms with Gasteiger partial charge in [0, 0.05) is 0 Å². The van der Waals surface area contributed by atoms with E-state index in [1.807, 2.05) is 0 Å². The van der Waals surface area contributed by atoms with Gasteiger partial charge < -0.3 is 0 Å². The van der Waals surface area contributed by atoms with Crippen molar-refractivity contribution in [3.05, 3.63) is 0 Å². The van der Waals surface area contributed by atoms with Gasteiger partial charge in [-0.2, -0.15) is 0 Å². The molecule has 0 saturated heterocycles. The fourth-order valence-electron chi connectivity index (χ4n) is 0. The van der Waals surface area contributed by atoms with Crippen molar-refractivity contribution in [3.8, 4) is 0 Å². The predicted octanol–water partition coefficient (Wildman–Crippen LogP) is 2.14. The summed E-state index contributed by atoms with van der Waals surface area (Å²) in [6.45, 7) is 4.26. The molecule has 0 rings (SSSR count). The van der Waals surface area contributed by atoms with E-state index in [0.717, 1.165) is 4.78 Å². The first-order valence-electron chi connectivity index (χ1n) is 1.49. The molecular formula is C3H9AlBr2. The van der Waals surface area contributed by atoms with Crippen LogP contribution in [0.2, 0.25) is 4.78 Å². The second kappa shape index (κ2) is 9.70. The van der Waals surface area contributed by atoms with Crippen LogP contribution < -0.4 is 0 Å². The van der Waals surface area contributed by atoms with Crippen LogP contribution in [0.15, 0.2) is 0 Å². The Bertz CT molecular complexity index is 13.5. The van der Waals surface area contributed by atoms with Gasteiger partial charge in [-0.05, 0) is 0 Å². The van der Waals surface area contributed by atoms with Crippen molar-refractivity contribution < 1.29 is 0 Å². The molecule has 0 aliphatic heterocycles. The molecule has 0 amide bonds. The maximum atomic E-state index is 2.66. The molecule has 0 aliphatic carbocycles. The van der Waals surface area contributed by atoms with Gasteiger partial charge in [0.25, 0.3) is 0 Å². The molecule has 0 atom stereocenters. The van der Waals surface area contributed by atoms with Gasteiger partial charge in [-0.1, -0.05) is 13.8 Å². The smallest absolute Gasteiger partial charge is 0.114 e. The maximum Gasteiger partial charge on any atom is 0.122 e. The summed E-state index contributed by atoms with van der Waals surface area (Å²) >= 11 is 2.66. The lowest BCUT2D eigenvalue weighted by atomic mass is 10.6. The molecule has 0 bridgehead atoms. The van der Waals surface area contributed by atoms with E-state index in [1.54, 1.807) is 0 Å². The Morgan fingerprint density at radius 1 is 1.17 bits per heavy atom. The van der Waals surface area contributed by atoms with Gasteiger partial charge in [0.15, 0.2) is 0 Å². The summed E-state index contributed by atoms with van der Waals surface area (Å²) in [5, 5.41) is 0. The van der Waals surface area contributed by atoms with E-state index in [4.69, 9.17) is 0 Å². The molecule has 0 nitrogen and oxygen atoms in total. The minimum Gasteiger partial charge on any atom is -0.114 e. The molecule has 0 aromatic rings. The van der Waals surface area contributed by atoms with Crippen LogP contribution in [-0.2, 0) is 0 Å². The number of hydrogen-bond donors (Lipinski definition) is 0. The zero-order valence-corrected chi connectivity index (χ0v) is 8.55. The summed E-state index contributed by atoms with van der Waals surface area (Å²) in [6.07, 6.45) is 0. The van der Waals surface area contributed by atoms with Crippen LogP contribution in [0, 0.1) is 0 Å². The number of hydrogen-bond acceptors (Lipinski definition) is 0. The van der Waals surface area contributed by atoms with Crippen molar-refractivity contribution in [2.24, 2.45) is 0 Å². The van der Waals surface area contributed by atoms with Crippen molar-refractivity contribution in [1.29, 1.82) is 0 Å². The van der Waals surface area contributed by atoms with Crippen LogP contribution in [0.5, 0.6) is 0 Å². The molecular weight excluding hydrogens is 223 g/mol. The monoisotopic (exact) mass is 230 g/mol. The zero-order chi connectivity index (χ0) is 3.58. The molecule has 38 valence electrons. The summed E-state index contributed by atoms with van der Waals surface area (Å²) in [7, 11) is 0. The van der Waals surface area contributed by atoms with Gasteiger partial charge in [-0.25, -0.2) is 0 Å². The molecule has 6 heavy (non-hydrogen) atoms. The van der Waals surface area contributed by atoms with E-state index in [0.29, 0.717) is 0 Å². The summed E-state index contributed by atoms with van der Waals surface area (Å²) in [5.41, 5.74) is 0. The van der Waals surface area contributed by atoms with Crippen LogP contribution in [0.25, 0.3) is 0 Å². The number of rotatable bonds is 0. The molecule has 0 saturated carbocycles. The molecule has 3 heteroatoms. The van der Waals surface area contributed by atoms with Gasteiger partial charge in [0.2, 0.25) is 0 Å². The molecule has 0 fully saturated rings. The molecule has 0 unspecified atom stereocenters. The van der Waals surface area contributed by atoms with E-state index < -0.39 is 0 Å². The maximum absolute atomic E-state index is 2.66. The van der Waals surface area contributed by atoms with Crippen LogP contribution in [-0.4, -0.2) is 16.3 Å². The van der Waals surface area contributed by atoms with Crippen molar-refractivity contribution in [2.45, 2.75) is 18.6 Å². The highest BCUT2D eigenvalue weighted by Gasteiger charge is 1.68. The lowest BCUT2D eigenvalue weighted by Gasteiger charge is -1.80. The first-order chi connectivity index (χ1) is 1.73. The Kier molecular flexibility index (Phi) is 25.3. The Hall–Kier alpha value is 1.49. The topological polar surface area (TPSA) is 0 Å². The molecule has 0 N–H and O–H groups in total. The van der Waals surface area contributed by atoms with Gasteiger partial charge in [0.05, 0.1) is 0 Å². The predicted molar refractivity (Wildman–Crippen MR) is 41.5 cm³/mol. The highest BCUT2D eigenvalue weighted by atomic mass is 79.9. The molecule has 0 aliphatic rings. The van der Waals surface area contributed by atoms with E-state index in [-0.39, 0.29) is 34.0 Å². The zero-order valence-electron chi connectivity index (χ0n) is 3.97. The normalized spacial score (nSPS) is 5.83. The fraction of sp³-hybridized carbons (Fsp3) is 1.00. The van der Waals surface area contributed by atoms with E-state index in [1.165, 1.54) is 0 Å². The third-order valence-electron chi connectivity index (χ3n) is 0. The molecule has 0 spiro atoms. The second-order valence-electron chi connectivity index (χ2n) is 1.24. The van der Waals surface area contributed by atoms with Crippen LogP contribution in [0.1, 0.15) is 13.8 Å². The first kappa shape index (κ1) is 15.6. The number of halogens is 2. The lowest BCUT2D eigenvalue weighted by molar-refractivity contribution is 1.08. The highest BCUT2D eigenvalue weighted by molar-refractivity contribution is 8.93. The van der Waals surface area contributed by atoms with Gasteiger partial charge in [-0.15, -0.1) is 38.7 Å². The van der Waals surface area contributed by atoms with Crippen molar-refractivity contribution in [2.75, 3.05) is 0 Å². The lowest BCUT2D eigenvalue weighted by Crippen LogP contribution is -1.67. The van der Waals surface area contributed by atoms with Crippen molar-refractivity contribution in [3.63, 3.8) is 0 Å². The second-order valence-corrected chi connectivity index (χ2v) is 2.58. The Labute approximate surface area is 68.7 Å². The van der Waals surface area contributed by atoms with Gasteiger partial charge in [-0.3, -0.25) is 0 Å². The van der Waals surface area contributed by atoms with E-state index in [9.17, 15) is 0 Å². The third kappa shape index (κ3) is 49.8. The van der Waals surface area contributed by atoms with Crippen molar-refractivity contribution in [1.82, 2.24) is 0 Å². The fourth-order valence-corrected chi connectivity index (χ4v) is 0. The molecule has 0 aromatic carbocycles. The first-order valence-corrected chi connectivity index (χ1v) is 2.15. The van der Waals surface area contributed by atoms with E-state index >= 15 is 0 Å². The molecule has 0 heterocycles. The van der Waals surface area contributed by atoms with E-state index in [2.05, 4.69) is 30.1 Å². The Morgan fingerprint density at radius 3 is 1.17 bits per heavy atom. The molecule has 2 radical (unpaired) electrons. The molecule has 0 aromatic heterocycles. The minimum atomic E-state index is 0. The standard InChI is InChI=1S/C3H7.Al.2BrH/c1-3-2;;;/h3H,1-2H3;;2*1H. The average molecular weight is 232 g/mol. The summed E-state index contributed by atoms with van der Waals surface area (Å²) in [6, 6.07) is 0. The SMILES string of the molecule is Br.Br.C[CH](C)[Al]. The van der Waals surface area contributed by atoms with Crippen LogP contribution >= 0.6 is 34.0 Å². The Balaban J connectivity index is -0.0000000450. The average Bonchev–Trinajstić information content (AvgIpc) is 0.811. The summed E-state index contributed by atoms with van der Waals surface area (Å²) in [4.78, 5) is 0. The van der Waals surface area contributed by atoms with Gasteiger partial charge in [0.1, 0.15) is 16.3 Å². The Morgan fingerprint density at radius 2 is 1.17 bits per heavy atom. The van der Waals surface area contributed by atoms with Crippen LogP contribution in [0.3, 0.4) is 0 Å². The van der Waals surface area contributed by atoms with Crippen molar-refractivity contribution >= 4 is 50.3 Å². The summed E-state index contributed by atoms with van der Waals surface area (Å²) in [5.74, 6) is 0. The highest BCUT2D eigenvalue weighted by Crippen LogP contribution is 1.84.